The number of likely N-dealkylation sites (N-methyl/N-ethyl adjacent to an activating group) is 2. The first-order valence-corrected chi connectivity index (χ1v) is 8.14. The number of nitrogens with one attached hydrogen (secondary N) is 1. The number of hydrogen-bond donors (Lipinski definition) is 1. The molecule has 0 aromatic carbocycles. The summed E-state index contributed by atoms with van der Waals surface area (Å²) < 4.78 is 0. The molecule has 0 amide bonds. The van der Waals surface area contributed by atoms with Crippen LogP contribution in [0.3, 0.4) is 0 Å². The van der Waals surface area contributed by atoms with E-state index in [1.165, 1.54) is 51.4 Å². The van der Waals surface area contributed by atoms with Crippen LogP contribution in [0.5, 0.6) is 0 Å². The lowest BCUT2D eigenvalue weighted by atomic mass is 9.68. The van der Waals surface area contributed by atoms with Crippen molar-refractivity contribution in [1.29, 1.82) is 0 Å². The lowest BCUT2D eigenvalue weighted by Gasteiger charge is -2.51. The number of nitrogens with zero attached hydrogens (tertiary/aromatic N) is 1. The van der Waals surface area contributed by atoms with Gasteiger partial charge in [-0.05, 0) is 65.6 Å². The quantitative estimate of drug-likeness (QED) is 0.781. The van der Waals surface area contributed by atoms with Crippen molar-refractivity contribution in [1.82, 2.24) is 10.2 Å². The molecule has 0 bridgehead atoms. The molecule has 0 saturated heterocycles. The van der Waals surface area contributed by atoms with Crippen LogP contribution in [0.25, 0.3) is 0 Å². The van der Waals surface area contributed by atoms with Crippen LogP contribution in [0, 0.1) is 5.92 Å². The van der Waals surface area contributed by atoms with E-state index in [-0.39, 0.29) is 0 Å². The zero-order valence-corrected chi connectivity index (χ0v) is 13.3. The van der Waals surface area contributed by atoms with Crippen LogP contribution in [0.4, 0.5) is 0 Å². The van der Waals surface area contributed by atoms with Crippen LogP contribution >= 0.6 is 0 Å². The third-order valence-electron chi connectivity index (χ3n) is 5.42. The standard InChI is InChI=1S/C17H32N2/c1-14-9-8-12-17(13-14,19(3)4)16(18-2)15-10-6-5-7-11-15/h10,14,16,18H,5-9,11-13H2,1-4H3. The van der Waals surface area contributed by atoms with Gasteiger partial charge in [0.1, 0.15) is 0 Å². The van der Waals surface area contributed by atoms with Gasteiger partial charge in [0.2, 0.25) is 0 Å². The topological polar surface area (TPSA) is 15.3 Å². The number of hydrogen-bond acceptors (Lipinski definition) is 2. The zero-order chi connectivity index (χ0) is 13.9. The maximum absolute atomic E-state index is 3.67. The second-order valence-electron chi connectivity index (χ2n) is 6.95. The summed E-state index contributed by atoms with van der Waals surface area (Å²) in [6.07, 6.45) is 13.3. The van der Waals surface area contributed by atoms with Gasteiger partial charge in [-0.1, -0.05) is 31.4 Å². The second-order valence-corrected chi connectivity index (χ2v) is 6.95. The van der Waals surface area contributed by atoms with Crippen molar-refractivity contribution in [2.75, 3.05) is 21.1 Å². The first-order chi connectivity index (χ1) is 9.10. The fourth-order valence-corrected chi connectivity index (χ4v) is 4.42. The minimum absolute atomic E-state index is 0.329. The fraction of sp³-hybridized carbons (Fsp3) is 0.882. The molecule has 0 aromatic heterocycles. The molecule has 2 nitrogen and oxygen atoms in total. The van der Waals surface area contributed by atoms with Gasteiger partial charge in [-0.15, -0.1) is 0 Å². The summed E-state index contributed by atoms with van der Waals surface area (Å²) in [6, 6.07) is 0.547. The average molecular weight is 264 g/mol. The normalized spacial score (nSPS) is 34.2. The third kappa shape index (κ3) is 3.05. The summed E-state index contributed by atoms with van der Waals surface area (Å²) in [5.41, 5.74) is 2.01. The second kappa shape index (κ2) is 6.41. The molecule has 19 heavy (non-hydrogen) atoms. The molecule has 3 unspecified atom stereocenters. The highest BCUT2D eigenvalue weighted by Crippen LogP contribution is 2.41. The van der Waals surface area contributed by atoms with Crippen molar-refractivity contribution in [2.24, 2.45) is 5.92 Å². The van der Waals surface area contributed by atoms with Crippen molar-refractivity contribution < 1.29 is 0 Å². The molecular formula is C17H32N2. The summed E-state index contributed by atoms with van der Waals surface area (Å²) in [4.78, 5) is 2.51. The van der Waals surface area contributed by atoms with Crippen molar-refractivity contribution in [2.45, 2.75) is 69.9 Å². The van der Waals surface area contributed by atoms with E-state index in [2.05, 4.69) is 44.4 Å². The predicted molar refractivity (Wildman–Crippen MR) is 83.4 cm³/mol. The maximum Gasteiger partial charge on any atom is 0.0463 e. The molecule has 1 N–H and O–H groups in total. The Labute approximate surface area is 119 Å². The zero-order valence-electron chi connectivity index (χ0n) is 13.3. The SMILES string of the molecule is CNC(C1=CCCCC1)C1(N(C)C)CCCC(C)C1. The van der Waals surface area contributed by atoms with E-state index in [9.17, 15) is 0 Å². The predicted octanol–water partition coefficient (Wildman–Crippen LogP) is 3.59. The summed E-state index contributed by atoms with van der Waals surface area (Å²) >= 11 is 0. The molecule has 1 fully saturated rings. The van der Waals surface area contributed by atoms with Gasteiger partial charge in [-0.2, -0.15) is 0 Å². The minimum Gasteiger partial charge on any atom is -0.312 e. The van der Waals surface area contributed by atoms with E-state index in [0.29, 0.717) is 11.6 Å². The maximum atomic E-state index is 3.67. The smallest absolute Gasteiger partial charge is 0.0463 e. The fourth-order valence-electron chi connectivity index (χ4n) is 4.42. The molecule has 3 atom stereocenters. The first kappa shape index (κ1) is 15.1. The summed E-state index contributed by atoms with van der Waals surface area (Å²) in [5, 5.41) is 3.67. The van der Waals surface area contributed by atoms with Gasteiger partial charge in [0, 0.05) is 11.6 Å². The number of rotatable bonds is 4. The Morgan fingerprint density at radius 2 is 2.11 bits per heavy atom. The summed E-state index contributed by atoms with van der Waals surface area (Å²) in [6.45, 7) is 2.43. The molecule has 1 saturated carbocycles. The molecule has 0 radical (unpaired) electrons. The van der Waals surface area contributed by atoms with Gasteiger partial charge < -0.3 is 10.2 Å². The Bertz CT molecular complexity index is 321. The molecule has 0 aromatic rings. The van der Waals surface area contributed by atoms with Crippen LogP contribution in [0.2, 0.25) is 0 Å². The van der Waals surface area contributed by atoms with Crippen LogP contribution < -0.4 is 5.32 Å². The first-order valence-electron chi connectivity index (χ1n) is 8.14. The minimum atomic E-state index is 0.329. The highest BCUT2D eigenvalue weighted by atomic mass is 15.2. The molecule has 2 aliphatic carbocycles. The highest BCUT2D eigenvalue weighted by molar-refractivity contribution is 5.21. The Morgan fingerprint density at radius 1 is 1.32 bits per heavy atom. The molecule has 0 aliphatic heterocycles. The Hall–Kier alpha value is -0.340. The van der Waals surface area contributed by atoms with E-state index in [1.807, 2.05) is 0 Å². The molecule has 2 rings (SSSR count). The van der Waals surface area contributed by atoms with Crippen molar-refractivity contribution in [3.05, 3.63) is 11.6 Å². The van der Waals surface area contributed by atoms with Crippen molar-refractivity contribution in [3.8, 4) is 0 Å². The lowest BCUT2D eigenvalue weighted by molar-refractivity contribution is 0.0498. The summed E-state index contributed by atoms with van der Waals surface area (Å²) in [7, 11) is 6.72. The van der Waals surface area contributed by atoms with E-state index in [0.717, 1.165) is 5.92 Å². The van der Waals surface area contributed by atoms with Gasteiger partial charge in [-0.3, -0.25) is 0 Å². The highest BCUT2D eigenvalue weighted by Gasteiger charge is 2.44. The van der Waals surface area contributed by atoms with Crippen LogP contribution in [-0.2, 0) is 0 Å². The molecule has 0 heterocycles. The third-order valence-corrected chi connectivity index (χ3v) is 5.42. The van der Waals surface area contributed by atoms with Crippen molar-refractivity contribution >= 4 is 0 Å². The van der Waals surface area contributed by atoms with E-state index in [4.69, 9.17) is 0 Å². The summed E-state index contributed by atoms with van der Waals surface area (Å²) in [5.74, 6) is 0.858. The van der Waals surface area contributed by atoms with E-state index < -0.39 is 0 Å². The monoisotopic (exact) mass is 264 g/mol. The Morgan fingerprint density at radius 3 is 2.63 bits per heavy atom. The van der Waals surface area contributed by atoms with Gasteiger partial charge in [0.05, 0.1) is 0 Å². The van der Waals surface area contributed by atoms with Gasteiger partial charge >= 0.3 is 0 Å². The molecule has 2 aliphatic rings. The molecule has 2 heteroatoms. The largest absolute Gasteiger partial charge is 0.312 e. The Kier molecular flexibility index (Phi) is 5.08. The Balaban J connectivity index is 2.27. The number of allylic oxidation sites excluding steroid dienone is 1. The average Bonchev–Trinajstić information content (AvgIpc) is 2.40. The lowest BCUT2D eigenvalue weighted by Crippen LogP contribution is -2.61. The molecule has 0 spiro atoms. The van der Waals surface area contributed by atoms with Crippen LogP contribution in [0.15, 0.2) is 11.6 Å². The van der Waals surface area contributed by atoms with E-state index >= 15 is 0 Å². The van der Waals surface area contributed by atoms with Crippen LogP contribution in [-0.4, -0.2) is 37.6 Å². The van der Waals surface area contributed by atoms with Gasteiger partial charge in [0.25, 0.3) is 0 Å². The molecular weight excluding hydrogens is 232 g/mol. The molecule has 110 valence electrons. The van der Waals surface area contributed by atoms with Gasteiger partial charge in [-0.25, -0.2) is 0 Å². The van der Waals surface area contributed by atoms with Gasteiger partial charge in [0.15, 0.2) is 0 Å². The van der Waals surface area contributed by atoms with Crippen LogP contribution in [0.1, 0.15) is 58.3 Å². The van der Waals surface area contributed by atoms with Crippen molar-refractivity contribution in [3.63, 3.8) is 0 Å². The van der Waals surface area contributed by atoms with E-state index in [1.54, 1.807) is 5.57 Å².